The van der Waals surface area contributed by atoms with Gasteiger partial charge in [0, 0.05) is 23.9 Å². The normalized spacial score (nSPS) is 11.1. The van der Waals surface area contributed by atoms with E-state index in [0.29, 0.717) is 24.2 Å². The predicted octanol–water partition coefficient (Wildman–Crippen LogP) is 10.9. The molecule has 0 fully saturated rings. The molecular weight excluding hydrogens is 706 g/mol. The van der Waals surface area contributed by atoms with Crippen LogP contribution in [0.4, 0.5) is 11.4 Å². The molecule has 11 heteroatoms. The standard InChI is InChI=1S/2C19H25N2O2S.Zn/c2*1-2-3-4-5-6-11-16-24(22,23)21-19-14-8-7-12-17(19)18-13-9-10-15-20-18;/h2*7-10,12-15H,2-6,11,16H2,1H3;/q2*-1;+2. The van der Waals surface area contributed by atoms with E-state index in [1.165, 1.54) is 38.5 Å². The van der Waals surface area contributed by atoms with Gasteiger partial charge in [0.1, 0.15) is 0 Å². The molecule has 0 radical (unpaired) electrons. The molecule has 260 valence electrons. The molecule has 0 spiro atoms. The van der Waals surface area contributed by atoms with Crippen molar-refractivity contribution in [2.24, 2.45) is 0 Å². The largest absolute Gasteiger partial charge is 2.00 e. The van der Waals surface area contributed by atoms with Crippen LogP contribution in [0.15, 0.2) is 97.3 Å². The number of sulfonamides is 2. The quantitative estimate of drug-likeness (QED) is 0.0653. The van der Waals surface area contributed by atoms with Gasteiger partial charge in [-0.2, -0.15) is 0 Å². The van der Waals surface area contributed by atoms with Crippen molar-refractivity contribution in [3.05, 3.63) is 107 Å². The minimum atomic E-state index is -3.46. The van der Waals surface area contributed by atoms with Gasteiger partial charge in [-0.25, -0.2) is 16.8 Å². The van der Waals surface area contributed by atoms with Crippen molar-refractivity contribution in [1.29, 1.82) is 0 Å². The van der Waals surface area contributed by atoms with Gasteiger partial charge in [-0.1, -0.05) is 139 Å². The molecule has 2 aromatic carbocycles. The van der Waals surface area contributed by atoms with Gasteiger partial charge in [-0.15, -0.1) is 11.4 Å². The molecule has 0 aliphatic rings. The molecule has 0 saturated carbocycles. The molecule has 0 aliphatic carbocycles. The Morgan fingerprint density at radius 3 is 1.18 bits per heavy atom. The van der Waals surface area contributed by atoms with Gasteiger partial charge in [0.2, 0.25) is 0 Å². The van der Waals surface area contributed by atoms with Crippen LogP contribution in [0.25, 0.3) is 32.0 Å². The molecule has 8 nitrogen and oxygen atoms in total. The molecule has 0 bridgehead atoms. The molecule has 0 N–H and O–H groups in total. The van der Waals surface area contributed by atoms with Crippen LogP contribution in [0.5, 0.6) is 0 Å². The summed E-state index contributed by atoms with van der Waals surface area (Å²) in [5, 5.41) is 0. The molecule has 4 rings (SSSR count). The Morgan fingerprint density at radius 2 is 0.816 bits per heavy atom. The Bertz CT molecular complexity index is 1560. The van der Waals surface area contributed by atoms with E-state index in [-0.39, 0.29) is 31.0 Å². The molecule has 0 saturated heterocycles. The van der Waals surface area contributed by atoms with E-state index in [4.69, 9.17) is 0 Å². The average molecular weight is 756 g/mol. The number of aromatic nitrogens is 2. The summed E-state index contributed by atoms with van der Waals surface area (Å²) in [7, 11) is -6.92. The fraction of sp³-hybridized carbons (Fsp3) is 0.421. The maximum Gasteiger partial charge on any atom is 2.00 e. The van der Waals surface area contributed by atoms with E-state index in [9.17, 15) is 16.8 Å². The van der Waals surface area contributed by atoms with Crippen LogP contribution in [0.3, 0.4) is 0 Å². The van der Waals surface area contributed by atoms with Crippen molar-refractivity contribution in [3.8, 4) is 22.5 Å². The Kier molecular flexibility index (Phi) is 20.0. The van der Waals surface area contributed by atoms with E-state index in [1.54, 1.807) is 36.7 Å². The molecule has 49 heavy (non-hydrogen) atoms. The van der Waals surface area contributed by atoms with Crippen LogP contribution in [0, 0.1) is 0 Å². The molecule has 0 aliphatic heterocycles. The second kappa shape index (κ2) is 23.3. The first-order valence-electron chi connectivity index (χ1n) is 17.2. The van der Waals surface area contributed by atoms with E-state index < -0.39 is 20.0 Å². The van der Waals surface area contributed by atoms with E-state index in [1.807, 2.05) is 60.7 Å². The van der Waals surface area contributed by atoms with Crippen LogP contribution in [0.1, 0.15) is 90.9 Å². The number of benzene rings is 2. The fourth-order valence-corrected chi connectivity index (χ4v) is 7.34. The second-order valence-electron chi connectivity index (χ2n) is 11.8. The van der Waals surface area contributed by atoms with Crippen molar-refractivity contribution < 1.29 is 36.3 Å². The molecule has 0 atom stereocenters. The summed E-state index contributed by atoms with van der Waals surface area (Å²) in [5.74, 6) is 0.214. The number of nitrogens with zero attached hydrogens (tertiary/aromatic N) is 4. The first kappa shape index (κ1) is 42.0. The zero-order chi connectivity index (χ0) is 34.5. The minimum absolute atomic E-state index is 0. The van der Waals surface area contributed by atoms with Crippen molar-refractivity contribution >= 4 is 31.4 Å². The Hall–Kier alpha value is -3.14. The SMILES string of the molecule is CCCCCCCCS(=O)(=O)[N-]c1ccccc1-c1ccccn1.CCCCCCCCS(=O)(=O)[N-]c1ccccc1-c1ccccn1.[Zn+2]. The van der Waals surface area contributed by atoms with E-state index in [2.05, 4.69) is 33.3 Å². The number of hydrogen-bond donors (Lipinski definition) is 0. The van der Waals surface area contributed by atoms with Crippen molar-refractivity contribution in [2.75, 3.05) is 11.5 Å². The summed E-state index contributed by atoms with van der Waals surface area (Å²) in [6.07, 6.45) is 16.0. The summed E-state index contributed by atoms with van der Waals surface area (Å²) < 4.78 is 57.2. The van der Waals surface area contributed by atoms with Gasteiger partial charge >= 0.3 is 19.5 Å². The molecular formula is C38H50N4O4S2Zn. The van der Waals surface area contributed by atoms with Crippen LogP contribution in [0.2, 0.25) is 0 Å². The topological polar surface area (TPSA) is 122 Å². The number of rotatable bonds is 20. The average Bonchev–Trinajstić information content (AvgIpc) is 3.09. The summed E-state index contributed by atoms with van der Waals surface area (Å²) in [6, 6.07) is 25.6. The van der Waals surface area contributed by atoms with Crippen LogP contribution < -0.4 is 0 Å². The summed E-state index contributed by atoms with van der Waals surface area (Å²) in [5.41, 5.74) is 3.86. The van der Waals surface area contributed by atoms with Crippen LogP contribution >= 0.6 is 0 Å². The van der Waals surface area contributed by atoms with Gasteiger partial charge in [0.25, 0.3) is 0 Å². The van der Waals surface area contributed by atoms with Crippen LogP contribution in [-0.4, -0.2) is 38.3 Å². The Balaban J connectivity index is 0.000000333. The summed E-state index contributed by atoms with van der Waals surface area (Å²) in [4.78, 5) is 8.58. The van der Waals surface area contributed by atoms with Crippen LogP contribution in [-0.2, 0) is 39.5 Å². The first-order chi connectivity index (χ1) is 23.2. The number of unbranched alkanes of at least 4 members (excludes halogenated alkanes) is 10. The van der Waals surface area contributed by atoms with Gasteiger partial charge in [-0.05, 0) is 48.2 Å². The third-order valence-corrected chi connectivity index (χ3v) is 10.2. The molecule has 2 aromatic heterocycles. The molecule has 2 heterocycles. The fourth-order valence-electron chi connectivity index (χ4n) is 5.10. The molecule has 4 aromatic rings. The van der Waals surface area contributed by atoms with E-state index >= 15 is 0 Å². The first-order valence-corrected chi connectivity index (χ1v) is 20.4. The third kappa shape index (κ3) is 16.4. The van der Waals surface area contributed by atoms with Gasteiger partial charge in [0.05, 0.1) is 31.4 Å². The zero-order valence-corrected chi connectivity index (χ0v) is 33.7. The molecule has 0 unspecified atom stereocenters. The maximum atomic E-state index is 12.3. The van der Waals surface area contributed by atoms with Crippen molar-refractivity contribution in [2.45, 2.75) is 90.9 Å². The Morgan fingerprint density at radius 1 is 0.469 bits per heavy atom. The zero-order valence-electron chi connectivity index (χ0n) is 29.1. The van der Waals surface area contributed by atoms with Crippen molar-refractivity contribution in [3.63, 3.8) is 0 Å². The van der Waals surface area contributed by atoms with Gasteiger partial charge in [-0.3, -0.25) is 9.97 Å². The van der Waals surface area contributed by atoms with Gasteiger partial charge < -0.3 is 9.44 Å². The number of pyridine rings is 2. The Labute approximate surface area is 307 Å². The smallest absolute Gasteiger partial charge is 0.576 e. The summed E-state index contributed by atoms with van der Waals surface area (Å²) in [6.45, 7) is 4.34. The summed E-state index contributed by atoms with van der Waals surface area (Å²) >= 11 is 0. The molecule has 0 amide bonds. The maximum absolute atomic E-state index is 12.3. The van der Waals surface area contributed by atoms with Gasteiger partial charge in [0.15, 0.2) is 0 Å². The third-order valence-electron chi connectivity index (χ3n) is 7.68. The van der Waals surface area contributed by atoms with Crippen molar-refractivity contribution in [1.82, 2.24) is 9.97 Å². The minimum Gasteiger partial charge on any atom is -0.576 e. The van der Waals surface area contributed by atoms with E-state index in [0.717, 1.165) is 48.2 Å². The number of hydrogen-bond acceptors (Lipinski definition) is 6. The second-order valence-corrected chi connectivity index (χ2v) is 15.3. The predicted molar refractivity (Wildman–Crippen MR) is 200 cm³/mol. The monoisotopic (exact) mass is 754 g/mol.